The molecule has 0 aromatic heterocycles. The first-order chi connectivity index (χ1) is 12.1. The Kier molecular flexibility index (Phi) is 7.35. The average Bonchev–Trinajstić information content (AvgIpc) is 2.66. The Bertz CT molecular complexity index is 702. The van der Waals surface area contributed by atoms with Crippen molar-refractivity contribution in [2.24, 2.45) is 0 Å². The molecule has 0 aliphatic rings. The molecule has 0 radical (unpaired) electrons. The second kappa shape index (κ2) is 9.74. The minimum Gasteiger partial charge on any atom is -0.461 e. The lowest BCUT2D eigenvalue weighted by molar-refractivity contribution is -0.109. The highest BCUT2D eigenvalue weighted by Crippen LogP contribution is 2.16. The fourth-order valence-corrected chi connectivity index (χ4v) is 2.52. The first kappa shape index (κ1) is 18.9. The molecule has 0 aliphatic heterocycles. The molecule has 2 aromatic rings. The van der Waals surface area contributed by atoms with E-state index >= 15 is 0 Å². The zero-order valence-electron chi connectivity index (χ0n) is 13.3. The van der Waals surface area contributed by atoms with Crippen molar-refractivity contribution >= 4 is 34.2 Å². The number of alkyl halides is 1. The van der Waals surface area contributed by atoms with Gasteiger partial charge in [0.05, 0.1) is 16.0 Å². The van der Waals surface area contributed by atoms with Crippen molar-refractivity contribution in [3.8, 4) is 0 Å². The second-order valence-electron chi connectivity index (χ2n) is 5.19. The second-order valence-corrected chi connectivity index (χ2v) is 6.37. The summed E-state index contributed by atoms with van der Waals surface area (Å²) >= 11 is 3.33. The molecular formula is C19H17BrO5. The van der Waals surface area contributed by atoms with Gasteiger partial charge in [0.1, 0.15) is 19.0 Å². The summed E-state index contributed by atoms with van der Waals surface area (Å²) in [6.45, 7) is -0.0334. The normalized spacial score (nSPS) is 12.7. The Labute approximate surface area is 154 Å². The van der Waals surface area contributed by atoms with E-state index in [2.05, 4.69) is 15.9 Å². The molecule has 0 saturated carbocycles. The summed E-state index contributed by atoms with van der Waals surface area (Å²) in [4.78, 5) is 34.5. The van der Waals surface area contributed by atoms with Crippen molar-refractivity contribution in [3.05, 3.63) is 71.8 Å². The maximum absolute atomic E-state index is 12.1. The highest BCUT2D eigenvalue weighted by molar-refractivity contribution is 9.09. The van der Waals surface area contributed by atoms with Gasteiger partial charge in [-0.25, -0.2) is 9.59 Å². The zero-order valence-corrected chi connectivity index (χ0v) is 14.9. The maximum atomic E-state index is 12.1. The minimum atomic E-state index is -0.742. The van der Waals surface area contributed by atoms with Crippen molar-refractivity contribution in [3.63, 3.8) is 0 Å². The lowest BCUT2D eigenvalue weighted by atomic mass is 10.2. The first-order valence-corrected chi connectivity index (χ1v) is 8.59. The number of halogens is 1. The molecule has 0 amide bonds. The standard InChI is InChI=1S/C19H17BrO5/c20-16(13-24-18(22)14-7-3-1-4-8-14)17(11-12-21)25-19(23)15-9-5-2-6-10-15/h1-10,12,16-17H,11,13H2/t16-,17+/m1/s1. The Morgan fingerprint density at radius 3 is 1.96 bits per heavy atom. The number of benzene rings is 2. The summed E-state index contributed by atoms with van der Waals surface area (Å²) in [5.41, 5.74) is 0.815. The molecule has 0 unspecified atom stereocenters. The average molecular weight is 405 g/mol. The SMILES string of the molecule is O=CC[C@H](OC(=O)c1ccccc1)[C@H](Br)COC(=O)c1ccccc1. The van der Waals surface area contributed by atoms with Crippen LogP contribution < -0.4 is 0 Å². The van der Waals surface area contributed by atoms with E-state index in [-0.39, 0.29) is 13.0 Å². The van der Waals surface area contributed by atoms with Gasteiger partial charge in [0.2, 0.25) is 0 Å². The fraction of sp³-hybridized carbons (Fsp3) is 0.211. The van der Waals surface area contributed by atoms with Crippen LogP contribution in [-0.2, 0) is 14.3 Å². The summed E-state index contributed by atoms with van der Waals surface area (Å²) in [5.74, 6) is -1.02. The van der Waals surface area contributed by atoms with Crippen molar-refractivity contribution in [1.82, 2.24) is 0 Å². The molecule has 0 N–H and O–H groups in total. The van der Waals surface area contributed by atoms with Crippen LogP contribution in [0.5, 0.6) is 0 Å². The van der Waals surface area contributed by atoms with Crippen LogP contribution in [0.15, 0.2) is 60.7 Å². The minimum absolute atomic E-state index is 0.00260. The van der Waals surface area contributed by atoms with Gasteiger partial charge in [-0.05, 0) is 24.3 Å². The van der Waals surface area contributed by atoms with Crippen molar-refractivity contribution in [2.75, 3.05) is 6.61 Å². The van der Waals surface area contributed by atoms with Crippen LogP contribution in [0.1, 0.15) is 27.1 Å². The third kappa shape index (κ3) is 5.83. The predicted octanol–water partition coefficient (Wildman–Crippen LogP) is 3.42. The summed E-state index contributed by atoms with van der Waals surface area (Å²) < 4.78 is 10.6. The Balaban J connectivity index is 1.93. The van der Waals surface area contributed by atoms with Gasteiger partial charge in [-0.15, -0.1) is 0 Å². The number of aldehydes is 1. The molecule has 130 valence electrons. The largest absolute Gasteiger partial charge is 0.461 e. The van der Waals surface area contributed by atoms with Gasteiger partial charge < -0.3 is 14.3 Å². The number of rotatable bonds is 8. The number of carbonyl (C=O) groups excluding carboxylic acids is 3. The van der Waals surface area contributed by atoms with Crippen molar-refractivity contribution in [2.45, 2.75) is 17.4 Å². The predicted molar refractivity (Wildman–Crippen MR) is 95.8 cm³/mol. The van der Waals surface area contributed by atoms with Gasteiger partial charge >= 0.3 is 11.9 Å². The molecule has 0 bridgehead atoms. The molecular weight excluding hydrogens is 388 g/mol. The van der Waals surface area contributed by atoms with Crippen LogP contribution in [0.25, 0.3) is 0 Å². The molecule has 0 heterocycles. The van der Waals surface area contributed by atoms with E-state index < -0.39 is 22.9 Å². The van der Waals surface area contributed by atoms with Crippen LogP contribution in [0.3, 0.4) is 0 Å². The summed E-state index contributed by atoms with van der Waals surface area (Å²) in [6, 6.07) is 17.0. The van der Waals surface area contributed by atoms with Gasteiger partial charge in [0.15, 0.2) is 0 Å². The van der Waals surface area contributed by atoms with Crippen LogP contribution in [0.4, 0.5) is 0 Å². The number of ether oxygens (including phenoxy) is 2. The molecule has 0 fully saturated rings. The van der Waals surface area contributed by atoms with Gasteiger partial charge in [0, 0.05) is 6.42 Å². The van der Waals surface area contributed by atoms with Gasteiger partial charge in [-0.3, -0.25) is 0 Å². The summed E-state index contributed by atoms with van der Waals surface area (Å²) in [6.07, 6.45) is -0.0816. The summed E-state index contributed by atoms with van der Waals surface area (Å²) in [5, 5.41) is 0. The molecule has 2 atom stereocenters. The number of hydrogen-bond donors (Lipinski definition) is 0. The molecule has 0 saturated heterocycles. The molecule has 0 aliphatic carbocycles. The number of hydrogen-bond acceptors (Lipinski definition) is 5. The summed E-state index contributed by atoms with van der Waals surface area (Å²) in [7, 11) is 0. The molecule has 6 heteroatoms. The molecule has 25 heavy (non-hydrogen) atoms. The van der Waals surface area contributed by atoms with E-state index in [4.69, 9.17) is 9.47 Å². The van der Waals surface area contributed by atoms with E-state index in [1.807, 2.05) is 0 Å². The van der Waals surface area contributed by atoms with Crippen LogP contribution in [0, 0.1) is 0 Å². The molecule has 2 rings (SSSR count). The topological polar surface area (TPSA) is 69.7 Å². The molecule has 5 nitrogen and oxygen atoms in total. The highest BCUT2D eigenvalue weighted by atomic mass is 79.9. The first-order valence-electron chi connectivity index (χ1n) is 7.67. The van der Waals surface area contributed by atoms with Gasteiger partial charge in [-0.1, -0.05) is 52.3 Å². The quantitative estimate of drug-likeness (QED) is 0.383. The lowest BCUT2D eigenvalue weighted by Crippen LogP contribution is -2.32. The van der Waals surface area contributed by atoms with E-state index in [1.54, 1.807) is 60.7 Å². The molecule has 0 spiro atoms. The zero-order chi connectivity index (χ0) is 18.1. The smallest absolute Gasteiger partial charge is 0.338 e. The molecule has 2 aromatic carbocycles. The number of esters is 2. The third-order valence-electron chi connectivity index (χ3n) is 3.38. The van der Waals surface area contributed by atoms with Crippen LogP contribution in [-0.4, -0.2) is 35.8 Å². The van der Waals surface area contributed by atoms with E-state index in [9.17, 15) is 14.4 Å². The maximum Gasteiger partial charge on any atom is 0.338 e. The third-order valence-corrected chi connectivity index (χ3v) is 4.24. The van der Waals surface area contributed by atoms with Crippen LogP contribution >= 0.6 is 15.9 Å². The monoisotopic (exact) mass is 404 g/mol. The van der Waals surface area contributed by atoms with Gasteiger partial charge in [0.25, 0.3) is 0 Å². The fourth-order valence-electron chi connectivity index (χ4n) is 2.06. The Hall–Kier alpha value is -2.47. The van der Waals surface area contributed by atoms with E-state index in [0.29, 0.717) is 17.4 Å². The highest BCUT2D eigenvalue weighted by Gasteiger charge is 2.25. The number of carbonyl (C=O) groups is 3. The van der Waals surface area contributed by atoms with Crippen molar-refractivity contribution in [1.29, 1.82) is 0 Å². The van der Waals surface area contributed by atoms with E-state index in [1.165, 1.54) is 0 Å². The Morgan fingerprint density at radius 1 is 0.920 bits per heavy atom. The van der Waals surface area contributed by atoms with Crippen LogP contribution in [0.2, 0.25) is 0 Å². The van der Waals surface area contributed by atoms with E-state index in [0.717, 1.165) is 0 Å². The van der Waals surface area contributed by atoms with Gasteiger partial charge in [-0.2, -0.15) is 0 Å². The lowest BCUT2D eigenvalue weighted by Gasteiger charge is -2.21. The Morgan fingerprint density at radius 2 is 1.44 bits per heavy atom. The van der Waals surface area contributed by atoms with Crippen molar-refractivity contribution < 1.29 is 23.9 Å².